The molecule has 2 saturated heterocycles. The molecule has 7 nitrogen and oxygen atoms in total. The molecule has 1 unspecified atom stereocenters. The van der Waals surface area contributed by atoms with Gasteiger partial charge in [-0.1, -0.05) is 6.92 Å². The summed E-state index contributed by atoms with van der Waals surface area (Å²) in [6.45, 7) is 6.34. The fourth-order valence-electron chi connectivity index (χ4n) is 2.77. The molecule has 21 heavy (non-hydrogen) atoms. The van der Waals surface area contributed by atoms with Crippen LogP contribution in [0.4, 0.5) is 0 Å². The molecular formula is C13H25N3O4S. The number of nitrogens with one attached hydrogen (secondary N) is 1. The Morgan fingerprint density at radius 2 is 1.95 bits per heavy atom. The number of carbonyl (C=O) groups excluding carboxylic acids is 1. The first kappa shape index (κ1) is 16.7. The van der Waals surface area contributed by atoms with Crippen LogP contribution in [0.2, 0.25) is 0 Å². The van der Waals surface area contributed by atoms with Crippen molar-refractivity contribution in [3.63, 3.8) is 0 Å². The highest BCUT2D eigenvalue weighted by Gasteiger charge is 2.41. The lowest BCUT2D eigenvalue weighted by Crippen LogP contribution is -2.60. The van der Waals surface area contributed by atoms with E-state index in [4.69, 9.17) is 4.74 Å². The number of hydrogen-bond donors (Lipinski definition) is 1. The topological polar surface area (TPSA) is 79.0 Å². The van der Waals surface area contributed by atoms with Crippen LogP contribution in [0.1, 0.15) is 26.7 Å². The van der Waals surface area contributed by atoms with E-state index in [2.05, 4.69) is 12.2 Å². The predicted molar refractivity (Wildman–Crippen MR) is 78.9 cm³/mol. The number of esters is 1. The largest absolute Gasteiger partial charge is 0.465 e. The van der Waals surface area contributed by atoms with Gasteiger partial charge in [-0.05, 0) is 25.7 Å². The summed E-state index contributed by atoms with van der Waals surface area (Å²) < 4.78 is 33.4. The van der Waals surface area contributed by atoms with E-state index in [1.807, 2.05) is 0 Å². The Morgan fingerprint density at radius 1 is 1.29 bits per heavy atom. The van der Waals surface area contributed by atoms with Crippen LogP contribution in [-0.2, 0) is 19.7 Å². The van der Waals surface area contributed by atoms with Crippen LogP contribution in [0.25, 0.3) is 0 Å². The van der Waals surface area contributed by atoms with E-state index in [9.17, 15) is 13.2 Å². The number of rotatable bonds is 4. The van der Waals surface area contributed by atoms with Gasteiger partial charge in [0.05, 0.1) is 6.61 Å². The van der Waals surface area contributed by atoms with Crippen molar-refractivity contribution in [3.8, 4) is 0 Å². The maximum atomic E-state index is 12.8. The summed E-state index contributed by atoms with van der Waals surface area (Å²) in [6.07, 6.45) is 1.74. The Morgan fingerprint density at radius 3 is 2.57 bits per heavy atom. The quantitative estimate of drug-likeness (QED) is 0.726. The second-order valence-electron chi connectivity index (χ2n) is 5.67. The molecule has 2 heterocycles. The van der Waals surface area contributed by atoms with Crippen LogP contribution >= 0.6 is 0 Å². The molecular weight excluding hydrogens is 294 g/mol. The second-order valence-corrected chi connectivity index (χ2v) is 7.55. The maximum absolute atomic E-state index is 12.8. The minimum Gasteiger partial charge on any atom is -0.465 e. The molecule has 0 saturated carbocycles. The van der Waals surface area contributed by atoms with Gasteiger partial charge < -0.3 is 10.1 Å². The third-order valence-corrected chi connectivity index (χ3v) is 6.17. The molecule has 0 aliphatic carbocycles. The van der Waals surface area contributed by atoms with E-state index >= 15 is 0 Å². The molecule has 0 aromatic carbocycles. The molecule has 1 atom stereocenters. The molecule has 0 amide bonds. The predicted octanol–water partition coefficient (Wildman–Crippen LogP) is -0.200. The number of nitrogens with zero attached hydrogens (tertiary/aromatic N) is 2. The SMILES string of the molecule is CCOC(=O)C1CNCCN1S(=O)(=O)N1CCC(C)CC1. The summed E-state index contributed by atoms with van der Waals surface area (Å²) in [7, 11) is -3.60. The standard InChI is InChI=1S/C13H25N3O4S/c1-3-20-13(17)12-10-14-6-9-16(12)21(18,19)15-7-4-11(2)5-8-15/h11-12,14H,3-10H2,1-2H3. The van der Waals surface area contributed by atoms with Crippen molar-refractivity contribution in [2.45, 2.75) is 32.7 Å². The van der Waals surface area contributed by atoms with Gasteiger partial charge in [-0.25, -0.2) is 0 Å². The van der Waals surface area contributed by atoms with Crippen LogP contribution in [0, 0.1) is 5.92 Å². The normalized spacial score (nSPS) is 26.7. The van der Waals surface area contributed by atoms with Crippen molar-refractivity contribution < 1.29 is 17.9 Å². The maximum Gasteiger partial charge on any atom is 0.325 e. The highest BCUT2D eigenvalue weighted by Crippen LogP contribution is 2.22. The number of hydrogen-bond acceptors (Lipinski definition) is 5. The van der Waals surface area contributed by atoms with E-state index in [1.165, 1.54) is 8.61 Å². The van der Waals surface area contributed by atoms with Crippen LogP contribution in [0.3, 0.4) is 0 Å². The third-order valence-electron chi connectivity index (χ3n) is 4.12. The number of piperidine rings is 1. The lowest BCUT2D eigenvalue weighted by molar-refractivity contribution is -0.148. The lowest BCUT2D eigenvalue weighted by atomic mass is 10.0. The number of piperazine rings is 1. The first-order valence-corrected chi connectivity index (χ1v) is 9.00. The molecule has 2 aliphatic rings. The summed E-state index contributed by atoms with van der Waals surface area (Å²) >= 11 is 0. The molecule has 0 aromatic rings. The summed E-state index contributed by atoms with van der Waals surface area (Å²) in [5.41, 5.74) is 0. The van der Waals surface area contributed by atoms with E-state index in [-0.39, 0.29) is 6.61 Å². The van der Waals surface area contributed by atoms with E-state index < -0.39 is 22.2 Å². The molecule has 1 N–H and O–H groups in total. The zero-order valence-corrected chi connectivity index (χ0v) is 13.6. The summed E-state index contributed by atoms with van der Waals surface area (Å²) in [5, 5.41) is 3.06. The summed E-state index contributed by atoms with van der Waals surface area (Å²) in [5.74, 6) is 0.0824. The number of ether oxygens (including phenoxy) is 1. The van der Waals surface area contributed by atoms with Gasteiger partial charge in [0.15, 0.2) is 0 Å². The number of carbonyl (C=O) groups is 1. The van der Waals surface area contributed by atoms with E-state index in [0.717, 1.165) is 12.8 Å². The lowest BCUT2D eigenvalue weighted by Gasteiger charge is -2.38. The molecule has 2 aliphatic heterocycles. The van der Waals surface area contributed by atoms with Crippen LogP contribution in [0.5, 0.6) is 0 Å². The minimum atomic E-state index is -3.60. The van der Waals surface area contributed by atoms with Crippen LogP contribution in [0.15, 0.2) is 0 Å². The Bertz CT molecular complexity index is 460. The second kappa shape index (κ2) is 7.04. The molecule has 0 spiro atoms. The average Bonchev–Trinajstić information content (AvgIpc) is 2.48. The fraction of sp³-hybridized carbons (Fsp3) is 0.923. The van der Waals surface area contributed by atoms with Gasteiger partial charge in [0.1, 0.15) is 6.04 Å². The zero-order valence-electron chi connectivity index (χ0n) is 12.7. The van der Waals surface area contributed by atoms with Crippen molar-refractivity contribution in [3.05, 3.63) is 0 Å². The van der Waals surface area contributed by atoms with Gasteiger partial charge in [-0.3, -0.25) is 4.79 Å². The van der Waals surface area contributed by atoms with Crippen molar-refractivity contribution in [1.29, 1.82) is 0 Å². The van der Waals surface area contributed by atoms with E-state index in [1.54, 1.807) is 6.92 Å². The van der Waals surface area contributed by atoms with Crippen molar-refractivity contribution in [2.75, 3.05) is 39.3 Å². The monoisotopic (exact) mass is 319 g/mol. The Hall–Kier alpha value is -0.700. The van der Waals surface area contributed by atoms with Crippen LogP contribution in [-0.4, -0.2) is 68.4 Å². The minimum absolute atomic E-state index is 0.254. The van der Waals surface area contributed by atoms with Gasteiger partial charge in [0, 0.05) is 32.7 Å². The smallest absolute Gasteiger partial charge is 0.325 e. The molecule has 8 heteroatoms. The van der Waals surface area contributed by atoms with Crippen molar-refractivity contribution in [2.24, 2.45) is 5.92 Å². The first-order valence-electron chi connectivity index (χ1n) is 7.61. The van der Waals surface area contributed by atoms with Gasteiger partial charge >= 0.3 is 5.97 Å². The van der Waals surface area contributed by atoms with Gasteiger partial charge in [0.25, 0.3) is 10.2 Å². The Kier molecular flexibility index (Phi) is 5.59. The van der Waals surface area contributed by atoms with Gasteiger partial charge in [-0.15, -0.1) is 0 Å². The highest BCUT2D eigenvalue weighted by molar-refractivity contribution is 7.86. The molecule has 2 rings (SSSR count). The zero-order chi connectivity index (χ0) is 15.5. The molecule has 0 radical (unpaired) electrons. The van der Waals surface area contributed by atoms with Gasteiger partial charge in [0.2, 0.25) is 0 Å². The molecule has 2 fully saturated rings. The van der Waals surface area contributed by atoms with E-state index in [0.29, 0.717) is 38.6 Å². The Labute approximate surface area is 126 Å². The summed E-state index contributed by atoms with van der Waals surface area (Å²) in [4.78, 5) is 12.0. The highest BCUT2D eigenvalue weighted by atomic mass is 32.2. The fourth-order valence-corrected chi connectivity index (χ4v) is 4.54. The van der Waals surface area contributed by atoms with Gasteiger partial charge in [-0.2, -0.15) is 17.0 Å². The van der Waals surface area contributed by atoms with Crippen LogP contribution < -0.4 is 5.32 Å². The average molecular weight is 319 g/mol. The Balaban J connectivity index is 2.13. The molecule has 122 valence electrons. The molecule has 0 aromatic heterocycles. The van der Waals surface area contributed by atoms with Crippen molar-refractivity contribution >= 4 is 16.2 Å². The molecule has 0 bridgehead atoms. The third kappa shape index (κ3) is 3.74. The first-order chi connectivity index (χ1) is 9.96. The van der Waals surface area contributed by atoms with Crippen molar-refractivity contribution in [1.82, 2.24) is 13.9 Å². The summed E-state index contributed by atoms with van der Waals surface area (Å²) in [6, 6.07) is -0.761.